The summed E-state index contributed by atoms with van der Waals surface area (Å²) in [6.07, 6.45) is 1.45. The van der Waals surface area contributed by atoms with Crippen molar-refractivity contribution < 1.29 is 9.18 Å². The second-order valence-corrected chi connectivity index (χ2v) is 6.42. The van der Waals surface area contributed by atoms with E-state index in [4.69, 9.17) is 0 Å². The zero-order chi connectivity index (χ0) is 14.5. The van der Waals surface area contributed by atoms with Crippen LogP contribution in [0.5, 0.6) is 0 Å². The van der Waals surface area contributed by atoms with E-state index in [0.717, 1.165) is 17.2 Å². The van der Waals surface area contributed by atoms with Crippen LogP contribution in [0.15, 0.2) is 34.2 Å². The lowest BCUT2D eigenvalue weighted by molar-refractivity contribution is 0.0963. The van der Waals surface area contributed by atoms with Crippen LogP contribution in [0.3, 0.4) is 0 Å². The van der Waals surface area contributed by atoms with E-state index in [1.54, 1.807) is 11.3 Å². The molecule has 0 saturated carbocycles. The molecule has 2 aromatic heterocycles. The van der Waals surface area contributed by atoms with Crippen LogP contribution in [0.25, 0.3) is 0 Å². The molecule has 2 rings (SSSR count). The van der Waals surface area contributed by atoms with Gasteiger partial charge in [-0.1, -0.05) is 0 Å². The van der Waals surface area contributed by atoms with E-state index in [9.17, 15) is 9.18 Å². The van der Waals surface area contributed by atoms with Crippen molar-refractivity contribution in [3.63, 3.8) is 0 Å². The van der Waals surface area contributed by atoms with E-state index in [1.807, 2.05) is 12.4 Å². The number of Topliss-reactive ketones (excluding diaryl/α,β-unsaturated/α-hetero) is 1. The number of aromatic nitrogens is 1. The van der Waals surface area contributed by atoms with Gasteiger partial charge in [-0.15, -0.1) is 11.3 Å². The minimum atomic E-state index is -0.429. The maximum atomic E-state index is 12.7. The lowest BCUT2D eigenvalue weighted by atomic mass is 10.2. The van der Waals surface area contributed by atoms with Crippen molar-refractivity contribution in [1.29, 1.82) is 0 Å². The normalized spacial score (nSPS) is 11.0. The SMILES string of the molecule is CN(CCC(=O)c1ccc(F)cn1)Cc1cc(Br)cs1. The topological polar surface area (TPSA) is 33.2 Å². The number of thiophene rings is 1. The molecule has 0 saturated heterocycles. The maximum absolute atomic E-state index is 12.7. The van der Waals surface area contributed by atoms with Gasteiger partial charge in [0.05, 0.1) is 6.20 Å². The van der Waals surface area contributed by atoms with Gasteiger partial charge in [0.15, 0.2) is 5.78 Å². The van der Waals surface area contributed by atoms with Gasteiger partial charge in [-0.3, -0.25) is 9.78 Å². The van der Waals surface area contributed by atoms with Gasteiger partial charge < -0.3 is 4.90 Å². The van der Waals surface area contributed by atoms with Crippen molar-refractivity contribution in [2.24, 2.45) is 0 Å². The highest BCUT2D eigenvalue weighted by Crippen LogP contribution is 2.20. The van der Waals surface area contributed by atoms with Crippen molar-refractivity contribution >= 4 is 33.0 Å². The number of hydrogen-bond acceptors (Lipinski definition) is 4. The number of rotatable bonds is 6. The fourth-order valence-electron chi connectivity index (χ4n) is 1.74. The molecule has 2 aromatic rings. The van der Waals surface area contributed by atoms with E-state index >= 15 is 0 Å². The van der Waals surface area contributed by atoms with Gasteiger partial charge in [0.2, 0.25) is 0 Å². The van der Waals surface area contributed by atoms with Gasteiger partial charge in [-0.2, -0.15) is 0 Å². The van der Waals surface area contributed by atoms with Crippen LogP contribution in [0.2, 0.25) is 0 Å². The van der Waals surface area contributed by atoms with E-state index in [0.29, 0.717) is 18.7 Å². The Labute approximate surface area is 129 Å². The number of carbonyl (C=O) groups excluding carboxylic acids is 1. The molecule has 0 radical (unpaired) electrons. The van der Waals surface area contributed by atoms with Gasteiger partial charge in [0.1, 0.15) is 11.5 Å². The highest BCUT2D eigenvalue weighted by molar-refractivity contribution is 9.10. The maximum Gasteiger partial charge on any atom is 0.182 e. The van der Waals surface area contributed by atoms with E-state index in [-0.39, 0.29) is 5.78 Å². The van der Waals surface area contributed by atoms with Gasteiger partial charge in [0.25, 0.3) is 0 Å². The summed E-state index contributed by atoms with van der Waals surface area (Å²) < 4.78 is 13.8. The molecular weight excluding hydrogens is 343 g/mol. The van der Waals surface area contributed by atoms with Crippen LogP contribution in [-0.2, 0) is 6.54 Å². The molecule has 0 aromatic carbocycles. The first-order valence-electron chi connectivity index (χ1n) is 6.11. The van der Waals surface area contributed by atoms with Crippen molar-refractivity contribution in [2.45, 2.75) is 13.0 Å². The Morgan fingerprint density at radius 2 is 2.30 bits per heavy atom. The molecule has 3 nitrogen and oxygen atoms in total. The summed E-state index contributed by atoms with van der Waals surface area (Å²) in [5, 5.41) is 2.04. The first kappa shape index (κ1) is 15.3. The third kappa shape index (κ3) is 4.47. The summed E-state index contributed by atoms with van der Waals surface area (Å²) in [4.78, 5) is 19.0. The van der Waals surface area contributed by atoms with Crippen molar-refractivity contribution in [1.82, 2.24) is 9.88 Å². The summed E-state index contributed by atoms with van der Waals surface area (Å²) in [5.41, 5.74) is 0.318. The predicted octanol–water partition coefficient (Wildman–Crippen LogP) is 3.75. The molecule has 0 atom stereocenters. The van der Waals surface area contributed by atoms with Crippen molar-refractivity contribution in [3.8, 4) is 0 Å². The number of carbonyl (C=O) groups is 1. The summed E-state index contributed by atoms with van der Waals surface area (Å²) in [6, 6.07) is 4.76. The molecule has 0 spiro atoms. The first-order valence-corrected chi connectivity index (χ1v) is 7.78. The molecule has 0 fully saturated rings. The molecule has 0 unspecified atom stereocenters. The lowest BCUT2D eigenvalue weighted by Crippen LogP contribution is -2.21. The molecular formula is C14H14BrFN2OS. The average Bonchev–Trinajstić information content (AvgIpc) is 2.82. The highest BCUT2D eigenvalue weighted by atomic mass is 79.9. The second-order valence-electron chi connectivity index (χ2n) is 4.50. The second kappa shape index (κ2) is 7.06. The Morgan fingerprint density at radius 1 is 1.50 bits per heavy atom. The molecule has 0 aliphatic heterocycles. The quantitative estimate of drug-likeness (QED) is 0.739. The van der Waals surface area contributed by atoms with Gasteiger partial charge in [0, 0.05) is 34.2 Å². The van der Waals surface area contributed by atoms with Crippen LogP contribution in [0.4, 0.5) is 4.39 Å². The number of halogens is 2. The zero-order valence-electron chi connectivity index (χ0n) is 11.0. The summed E-state index contributed by atoms with van der Waals surface area (Å²) in [5.74, 6) is -0.494. The van der Waals surface area contributed by atoms with Gasteiger partial charge in [-0.05, 0) is 41.2 Å². The van der Waals surface area contributed by atoms with Crippen molar-refractivity contribution in [2.75, 3.05) is 13.6 Å². The Balaban J connectivity index is 1.82. The standard InChI is InChI=1S/C14H14BrFN2OS/c1-18(8-12-6-10(15)9-20-12)5-4-14(19)13-3-2-11(16)7-17-13/h2-3,6-7,9H,4-5,8H2,1H3. The largest absolute Gasteiger partial charge is 0.301 e. The van der Waals surface area contributed by atoms with E-state index in [2.05, 4.69) is 31.9 Å². The molecule has 0 aliphatic carbocycles. The fraction of sp³-hybridized carbons (Fsp3) is 0.286. The Hall–Kier alpha value is -1.11. The molecule has 0 bridgehead atoms. The molecule has 6 heteroatoms. The van der Waals surface area contributed by atoms with Crippen molar-refractivity contribution in [3.05, 3.63) is 50.6 Å². The van der Waals surface area contributed by atoms with Gasteiger partial charge in [-0.25, -0.2) is 4.39 Å². The number of hydrogen-bond donors (Lipinski definition) is 0. The Kier molecular flexibility index (Phi) is 5.39. The molecule has 0 aliphatic rings. The van der Waals surface area contributed by atoms with Crippen LogP contribution in [-0.4, -0.2) is 29.3 Å². The summed E-state index contributed by atoms with van der Waals surface area (Å²) in [7, 11) is 1.97. The summed E-state index contributed by atoms with van der Waals surface area (Å²) in [6.45, 7) is 1.45. The third-order valence-corrected chi connectivity index (χ3v) is 4.46. The van der Waals surface area contributed by atoms with Crippen LogP contribution < -0.4 is 0 Å². The van der Waals surface area contributed by atoms with Gasteiger partial charge >= 0.3 is 0 Å². The Bertz CT molecular complexity index is 585. The van der Waals surface area contributed by atoms with E-state index in [1.165, 1.54) is 17.0 Å². The third-order valence-electron chi connectivity index (χ3n) is 2.78. The monoisotopic (exact) mass is 356 g/mol. The molecule has 106 valence electrons. The molecule has 0 amide bonds. The minimum absolute atomic E-state index is 0.0655. The number of pyridine rings is 1. The van der Waals surface area contributed by atoms with Crippen LogP contribution in [0, 0.1) is 5.82 Å². The molecule has 20 heavy (non-hydrogen) atoms. The fourth-order valence-corrected chi connectivity index (χ4v) is 3.27. The molecule has 2 heterocycles. The summed E-state index contributed by atoms with van der Waals surface area (Å²) >= 11 is 5.10. The van der Waals surface area contributed by atoms with Crippen LogP contribution >= 0.6 is 27.3 Å². The number of ketones is 1. The highest BCUT2D eigenvalue weighted by Gasteiger charge is 2.10. The smallest absolute Gasteiger partial charge is 0.182 e. The van der Waals surface area contributed by atoms with Crippen LogP contribution in [0.1, 0.15) is 21.8 Å². The molecule has 0 N–H and O–H groups in total. The first-order chi connectivity index (χ1) is 9.54. The van der Waals surface area contributed by atoms with E-state index < -0.39 is 5.82 Å². The zero-order valence-corrected chi connectivity index (χ0v) is 13.4. The Morgan fingerprint density at radius 3 is 2.90 bits per heavy atom. The predicted molar refractivity (Wildman–Crippen MR) is 81.5 cm³/mol. The number of nitrogens with zero attached hydrogens (tertiary/aromatic N) is 2. The average molecular weight is 357 g/mol. The lowest BCUT2D eigenvalue weighted by Gasteiger charge is -2.14. The minimum Gasteiger partial charge on any atom is -0.301 e.